The Kier molecular flexibility index (Phi) is 5.37. The van der Waals surface area contributed by atoms with E-state index in [9.17, 15) is 14.4 Å². The van der Waals surface area contributed by atoms with Crippen LogP contribution in [-0.2, 0) is 9.59 Å². The lowest BCUT2D eigenvalue weighted by Crippen LogP contribution is -2.54. The second-order valence-electron chi connectivity index (χ2n) is 10.3. The molecule has 1 aliphatic heterocycles. The van der Waals surface area contributed by atoms with Crippen molar-refractivity contribution in [3.05, 3.63) is 29.8 Å². The van der Waals surface area contributed by atoms with Gasteiger partial charge < -0.3 is 4.74 Å². The Labute approximate surface area is 183 Å². The number of hydrogen-bond donors (Lipinski definition) is 1. The van der Waals surface area contributed by atoms with Crippen LogP contribution in [0.5, 0.6) is 5.75 Å². The van der Waals surface area contributed by atoms with Crippen molar-refractivity contribution in [3.63, 3.8) is 0 Å². The summed E-state index contributed by atoms with van der Waals surface area (Å²) in [6, 6.07) is 6.28. The second-order valence-corrected chi connectivity index (χ2v) is 10.3. The van der Waals surface area contributed by atoms with Crippen LogP contribution in [0.3, 0.4) is 0 Å². The molecular weight excluding hydrogens is 392 g/mol. The molecular formula is C25H32N2O4. The van der Waals surface area contributed by atoms with Crippen LogP contribution in [0.2, 0.25) is 0 Å². The highest BCUT2D eigenvalue weighted by atomic mass is 16.5. The molecule has 4 aliphatic carbocycles. The first-order valence-corrected chi connectivity index (χ1v) is 11.7. The normalized spacial score (nSPS) is 34.0. The van der Waals surface area contributed by atoms with Gasteiger partial charge in [0.25, 0.3) is 5.91 Å². The Bertz CT molecular complexity index is 843. The molecule has 31 heavy (non-hydrogen) atoms. The van der Waals surface area contributed by atoms with E-state index in [4.69, 9.17) is 4.74 Å². The fraction of sp³-hybridized carbons (Fsp3) is 0.640. The summed E-state index contributed by atoms with van der Waals surface area (Å²) in [5.74, 6) is 2.49. The van der Waals surface area contributed by atoms with Crippen LogP contribution in [0.1, 0.15) is 61.7 Å². The Balaban J connectivity index is 1.22. The summed E-state index contributed by atoms with van der Waals surface area (Å²) in [5, 5.41) is 2.54. The average molecular weight is 425 g/mol. The number of likely N-dealkylation sites (tertiary alicyclic amines) is 1. The van der Waals surface area contributed by atoms with E-state index in [2.05, 4.69) is 5.32 Å². The average Bonchev–Trinajstić information content (AvgIpc) is 3.21. The molecule has 0 spiro atoms. The molecule has 4 bridgehead atoms. The molecule has 1 saturated heterocycles. The van der Waals surface area contributed by atoms with Gasteiger partial charge in [0.15, 0.2) is 5.78 Å². The van der Waals surface area contributed by atoms with E-state index < -0.39 is 11.9 Å². The van der Waals surface area contributed by atoms with Gasteiger partial charge in [-0.3, -0.25) is 24.6 Å². The summed E-state index contributed by atoms with van der Waals surface area (Å²) in [4.78, 5) is 40.9. The largest absolute Gasteiger partial charge is 0.497 e. The molecule has 0 unspecified atom stereocenters. The van der Waals surface area contributed by atoms with Crippen LogP contribution in [0.15, 0.2) is 24.3 Å². The predicted molar refractivity (Wildman–Crippen MR) is 116 cm³/mol. The summed E-state index contributed by atoms with van der Waals surface area (Å²) in [7, 11) is 1.57. The third-order valence-corrected chi connectivity index (χ3v) is 8.23. The number of ketones is 1. The van der Waals surface area contributed by atoms with Gasteiger partial charge in [0, 0.05) is 11.0 Å². The number of benzene rings is 1. The Morgan fingerprint density at radius 3 is 2.23 bits per heavy atom. The Hall–Kier alpha value is -2.21. The molecule has 0 radical (unpaired) electrons. The second kappa shape index (κ2) is 8.05. The maximum atomic E-state index is 13.5. The first kappa shape index (κ1) is 20.7. The molecule has 1 aromatic carbocycles. The van der Waals surface area contributed by atoms with E-state index in [1.165, 1.54) is 19.3 Å². The van der Waals surface area contributed by atoms with Crippen molar-refractivity contribution >= 4 is 17.6 Å². The smallest absolute Gasteiger partial charge is 0.257 e. The van der Waals surface area contributed by atoms with Crippen LogP contribution in [0.25, 0.3) is 0 Å². The van der Waals surface area contributed by atoms with Crippen molar-refractivity contribution in [2.45, 2.75) is 57.4 Å². The van der Waals surface area contributed by atoms with Crippen molar-refractivity contribution in [1.82, 2.24) is 10.2 Å². The summed E-state index contributed by atoms with van der Waals surface area (Å²) in [6.45, 7) is 1.09. The number of nitrogens with zero attached hydrogens (tertiary/aromatic N) is 1. The number of methoxy groups -OCH3 is 1. The molecule has 6 heteroatoms. The molecule has 1 heterocycles. The number of Topliss-reactive ketones (excluding diaryl/α,β-unsaturated/α-hetero) is 1. The van der Waals surface area contributed by atoms with E-state index in [0.717, 1.165) is 50.0 Å². The Morgan fingerprint density at radius 2 is 1.65 bits per heavy atom. The standard InChI is InChI=1S/C25H32N2O4/c1-31-20-6-4-19(5-7-20)23(29)26-24(30)21-3-2-8-27(21)15-22(28)25-12-16-9-17(13-25)11-18(10-16)14-25/h4-7,16-18,21H,2-3,8-15H2,1H3,(H,26,29,30)/t16?,17?,18?,21-,25?/m1/s1. The first-order chi connectivity index (χ1) is 15.0. The van der Waals surface area contributed by atoms with Crippen molar-refractivity contribution in [3.8, 4) is 5.75 Å². The van der Waals surface area contributed by atoms with E-state index in [1.807, 2.05) is 4.90 Å². The van der Waals surface area contributed by atoms with Gasteiger partial charge in [-0.25, -0.2) is 0 Å². The number of carbonyl (C=O) groups is 3. The van der Waals surface area contributed by atoms with E-state index in [0.29, 0.717) is 30.1 Å². The molecule has 2 amide bonds. The molecule has 1 aromatic rings. The van der Waals surface area contributed by atoms with E-state index in [1.54, 1.807) is 31.4 Å². The van der Waals surface area contributed by atoms with Crippen LogP contribution in [-0.4, -0.2) is 48.7 Å². The highest BCUT2D eigenvalue weighted by molar-refractivity contribution is 6.06. The van der Waals surface area contributed by atoms with Gasteiger partial charge in [-0.1, -0.05) is 0 Å². The lowest BCUT2D eigenvalue weighted by Gasteiger charge is -2.56. The van der Waals surface area contributed by atoms with E-state index >= 15 is 0 Å². The monoisotopic (exact) mass is 424 g/mol. The topological polar surface area (TPSA) is 75.7 Å². The number of carbonyl (C=O) groups excluding carboxylic acids is 3. The highest BCUT2D eigenvalue weighted by Crippen LogP contribution is 2.60. The number of nitrogens with one attached hydrogen (secondary N) is 1. The fourth-order valence-electron chi connectivity index (χ4n) is 7.13. The predicted octanol–water partition coefficient (Wildman–Crippen LogP) is 3.20. The van der Waals surface area contributed by atoms with E-state index in [-0.39, 0.29) is 11.3 Å². The van der Waals surface area contributed by atoms with Gasteiger partial charge in [-0.2, -0.15) is 0 Å². The number of amides is 2. The number of rotatable bonds is 6. The van der Waals surface area contributed by atoms with Crippen LogP contribution >= 0.6 is 0 Å². The fourth-order valence-corrected chi connectivity index (χ4v) is 7.13. The summed E-state index contributed by atoms with van der Waals surface area (Å²) in [5.41, 5.74) is 0.278. The van der Waals surface area contributed by atoms with Gasteiger partial charge in [-0.15, -0.1) is 0 Å². The zero-order chi connectivity index (χ0) is 21.6. The van der Waals surface area contributed by atoms with Crippen LogP contribution in [0.4, 0.5) is 0 Å². The third kappa shape index (κ3) is 3.91. The summed E-state index contributed by atoms with van der Waals surface area (Å²) >= 11 is 0. The summed E-state index contributed by atoms with van der Waals surface area (Å²) < 4.78 is 5.11. The van der Waals surface area contributed by atoms with Gasteiger partial charge in [0.05, 0.1) is 19.7 Å². The highest BCUT2D eigenvalue weighted by Gasteiger charge is 2.54. The van der Waals surface area contributed by atoms with Crippen molar-refractivity contribution in [1.29, 1.82) is 0 Å². The number of ether oxygens (including phenoxy) is 1. The van der Waals surface area contributed by atoms with Crippen LogP contribution < -0.4 is 10.1 Å². The molecule has 166 valence electrons. The van der Waals surface area contributed by atoms with Gasteiger partial charge in [0.1, 0.15) is 5.75 Å². The van der Waals surface area contributed by atoms with Crippen molar-refractivity contribution in [2.75, 3.05) is 20.2 Å². The molecule has 1 atom stereocenters. The lowest BCUT2D eigenvalue weighted by molar-refractivity contribution is -0.145. The Morgan fingerprint density at radius 1 is 1.03 bits per heavy atom. The molecule has 6 nitrogen and oxygen atoms in total. The van der Waals surface area contributed by atoms with Gasteiger partial charge in [-0.05, 0) is 99.9 Å². The minimum absolute atomic E-state index is 0.142. The molecule has 0 aromatic heterocycles. The molecule has 5 fully saturated rings. The SMILES string of the molecule is COc1ccc(C(=O)NC(=O)[C@H]2CCCN2CC(=O)C23CC4CC(CC(C4)C2)C3)cc1. The number of hydrogen-bond acceptors (Lipinski definition) is 5. The molecule has 4 saturated carbocycles. The zero-order valence-electron chi connectivity index (χ0n) is 18.3. The van der Waals surface area contributed by atoms with Gasteiger partial charge >= 0.3 is 0 Å². The molecule has 1 N–H and O–H groups in total. The molecule has 5 aliphatic rings. The maximum absolute atomic E-state index is 13.5. The lowest BCUT2D eigenvalue weighted by atomic mass is 9.48. The van der Waals surface area contributed by atoms with Crippen molar-refractivity contribution < 1.29 is 19.1 Å². The maximum Gasteiger partial charge on any atom is 0.257 e. The number of imide groups is 1. The summed E-state index contributed by atoms with van der Waals surface area (Å²) in [6.07, 6.45) is 8.67. The van der Waals surface area contributed by atoms with Gasteiger partial charge in [0.2, 0.25) is 5.91 Å². The minimum atomic E-state index is -0.410. The quantitative estimate of drug-likeness (QED) is 0.710. The van der Waals surface area contributed by atoms with Crippen molar-refractivity contribution in [2.24, 2.45) is 23.2 Å². The first-order valence-electron chi connectivity index (χ1n) is 11.7. The zero-order valence-corrected chi connectivity index (χ0v) is 18.3. The minimum Gasteiger partial charge on any atom is -0.497 e. The molecule has 6 rings (SSSR count). The van der Waals surface area contributed by atoms with Crippen LogP contribution in [0, 0.1) is 23.2 Å². The third-order valence-electron chi connectivity index (χ3n) is 8.23.